The summed E-state index contributed by atoms with van der Waals surface area (Å²) >= 11 is 0. The Morgan fingerprint density at radius 1 is 1.25 bits per heavy atom. The number of carbonyl (C=O) groups excluding carboxylic acids is 1. The molecule has 1 aromatic heterocycles. The molecule has 0 radical (unpaired) electrons. The predicted octanol–water partition coefficient (Wildman–Crippen LogP) is 2.24. The van der Waals surface area contributed by atoms with Crippen LogP contribution in [0.3, 0.4) is 0 Å². The molecule has 1 amide bonds. The minimum absolute atomic E-state index is 0.0602. The zero-order valence-corrected chi connectivity index (χ0v) is 13.2. The quantitative estimate of drug-likeness (QED) is 0.756. The number of benzene rings is 1. The molecule has 3 rings (SSSR count). The predicted molar refractivity (Wildman–Crippen MR) is 88.1 cm³/mol. The summed E-state index contributed by atoms with van der Waals surface area (Å²) in [6.45, 7) is 0.319. The van der Waals surface area contributed by atoms with Crippen LogP contribution in [0.5, 0.6) is 0 Å². The van der Waals surface area contributed by atoms with Crippen LogP contribution in [0.2, 0.25) is 0 Å². The second kappa shape index (κ2) is 7.04. The van der Waals surface area contributed by atoms with Gasteiger partial charge in [-0.25, -0.2) is 9.67 Å². The molecule has 0 unspecified atom stereocenters. The number of carbonyl (C=O) groups is 1. The first-order chi connectivity index (χ1) is 11.7. The van der Waals surface area contributed by atoms with Gasteiger partial charge in [-0.05, 0) is 12.1 Å². The second-order valence-corrected chi connectivity index (χ2v) is 5.59. The summed E-state index contributed by atoms with van der Waals surface area (Å²) in [5, 5.41) is 15.1. The number of aromatic nitrogens is 3. The highest BCUT2D eigenvalue weighted by molar-refractivity contribution is 5.75. The van der Waals surface area contributed by atoms with E-state index in [0.29, 0.717) is 38.1 Å². The zero-order valence-electron chi connectivity index (χ0n) is 13.2. The van der Waals surface area contributed by atoms with Crippen LogP contribution in [0, 0.1) is 12.3 Å². The van der Waals surface area contributed by atoms with E-state index in [-0.39, 0.29) is 5.91 Å². The Labute approximate surface area is 140 Å². The molecule has 24 heavy (non-hydrogen) atoms. The van der Waals surface area contributed by atoms with Crippen molar-refractivity contribution < 1.29 is 4.79 Å². The molecule has 0 fully saturated rings. The van der Waals surface area contributed by atoms with E-state index in [2.05, 4.69) is 31.5 Å². The molecule has 1 N–H and O–H groups in total. The fourth-order valence-corrected chi connectivity index (χ4v) is 2.42. The van der Waals surface area contributed by atoms with Gasteiger partial charge < -0.3 is 5.32 Å². The van der Waals surface area contributed by atoms with Gasteiger partial charge in [0.05, 0.1) is 12.2 Å². The third kappa shape index (κ3) is 3.84. The Balaban J connectivity index is 1.49. The van der Waals surface area contributed by atoms with Crippen molar-refractivity contribution in [3.05, 3.63) is 42.5 Å². The molecule has 0 bridgehead atoms. The lowest BCUT2D eigenvalue weighted by molar-refractivity contribution is -0.121. The molecule has 1 aliphatic heterocycles. The number of para-hydroxylation sites is 1. The highest BCUT2D eigenvalue weighted by Crippen LogP contribution is 2.37. The van der Waals surface area contributed by atoms with Gasteiger partial charge in [-0.2, -0.15) is 15.3 Å². The first-order valence-corrected chi connectivity index (χ1v) is 7.81. The maximum Gasteiger partial charge on any atom is 0.220 e. The normalized spacial score (nSPS) is 14.1. The maximum absolute atomic E-state index is 12.0. The Hall–Kier alpha value is -3.01. The Bertz CT molecular complexity index is 768. The van der Waals surface area contributed by atoms with Crippen molar-refractivity contribution >= 4 is 5.91 Å². The minimum Gasteiger partial charge on any atom is -0.349 e. The molecule has 0 saturated carbocycles. The SMILES string of the molecule is C#CCCC1(CCC(=O)NCc2ncnn2-c2ccccc2)N=N1. The first kappa shape index (κ1) is 15.9. The van der Waals surface area contributed by atoms with E-state index in [4.69, 9.17) is 6.42 Å². The van der Waals surface area contributed by atoms with Crippen molar-refractivity contribution in [3.63, 3.8) is 0 Å². The highest BCUT2D eigenvalue weighted by Gasteiger charge is 2.39. The second-order valence-electron chi connectivity index (χ2n) is 5.59. The summed E-state index contributed by atoms with van der Waals surface area (Å²) in [6.07, 6.45) is 9.01. The van der Waals surface area contributed by atoms with E-state index in [9.17, 15) is 4.79 Å². The molecule has 0 saturated heterocycles. The van der Waals surface area contributed by atoms with Gasteiger partial charge in [0.15, 0.2) is 11.5 Å². The van der Waals surface area contributed by atoms with Gasteiger partial charge in [0.2, 0.25) is 5.91 Å². The number of nitrogens with zero attached hydrogens (tertiary/aromatic N) is 5. The average molecular weight is 322 g/mol. The molecule has 122 valence electrons. The number of nitrogens with one attached hydrogen (secondary N) is 1. The number of hydrogen-bond acceptors (Lipinski definition) is 5. The van der Waals surface area contributed by atoms with Crippen molar-refractivity contribution in [2.45, 2.75) is 37.9 Å². The third-order valence-corrected chi connectivity index (χ3v) is 3.87. The molecule has 7 nitrogen and oxygen atoms in total. The van der Waals surface area contributed by atoms with Gasteiger partial charge in [0.1, 0.15) is 6.33 Å². The standard InChI is InChI=1S/C17H18N6O/c1-2-3-10-17(21-22-17)11-9-16(24)18-12-15-19-13-20-23(15)14-7-5-4-6-8-14/h1,4-8,13H,3,9-12H2,(H,18,24). The minimum atomic E-state index is -0.423. The van der Waals surface area contributed by atoms with Crippen LogP contribution in [0.15, 0.2) is 46.9 Å². The van der Waals surface area contributed by atoms with E-state index in [1.807, 2.05) is 30.3 Å². The van der Waals surface area contributed by atoms with E-state index < -0.39 is 5.66 Å². The summed E-state index contributed by atoms with van der Waals surface area (Å²) in [7, 11) is 0. The van der Waals surface area contributed by atoms with Crippen molar-refractivity contribution in [3.8, 4) is 18.0 Å². The van der Waals surface area contributed by atoms with Crippen LogP contribution in [0.4, 0.5) is 0 Å². The monoisotopic (exact) mass is 322 g/mol. The fourth-order valence-electron chi connectivity index (χ4n) is 2.42. The van der Waals surface area contributed by atoms with Crippen molar-refractivity contribution in [2.24, 2.45) is 10.2 Å². The number of terminal acetylenes is 1. The van der Waals surface area contributed by atoms with Crippen LogP contribution in [-0.4, -0.2) is 26.3 Å². The van der Waals surface area contributed by atoms with Crippen molar-refractivity contribution in [1.82, 2.24) is 20.1 Å². The molecule has 0 spiro atoms. The molecule has 2 heterocycles. The zero-order chi connectivity index (χ0) is 16.8. The Morgan fingerprint density at radius 3 is 2.75 bits per heavy atom. The van der Waals surface area contributed by atoms with Crippen LogP contribution in [-0.2, 0) is 11.3 Å². The van der Waals surface area contributed by atoms with E-state index >= 15 is 0 Å². The molecule has 0 atom stereocenters. The van der Waals surface area contributed by atoms with Gasteiger partial charge in [0.25, 0.3) is 0 Å². The first-order valence-electron chi connectivity index (χ1n) is 7.81. The summed E-state index contributed by atoms with van der Waals surface area (Å²) in [5.41, 5.74) is 0.483. The summed E-state index contributed by atoms with van der Waals surface area (Å²) in [6, 6.07) is 9.66. The van der Waals surface area contributed by atoms with Crippen LogP contribution in [0.1, 0.15) is 31.5 Å². The van der Waals surface area contributed by atoms with E-state index in [1.165, 1.54) is 6.33 Å². The Morgan fingerprint density at radius 2 is 2.04 bits per heavy atom. The lowest BCUT2D eigenvalue weighted by Crippen LogP contribution is -2.26. The molecular formula is C17H18N6O. The summed E-state index contributed by atoms with van der Waals surface area (Å²) in [4.78, 5) is 16.2. The van der Waals surface area contributed by atoms with Crippen LogP contribution < -0.4 is 5.32 Å². The average Bonchev–Trinajstić information content (AvgIpc) is 3.24. The third-order valence-electron chi connectivity index (χ3n) is 3.87. The molecule has 1 aliphatic rings. The lowest BCUT2D eigenvalue weighted by Gasteiger charge is -2.10. The van der Waals surface area contributed by atoms with Gasteiger partial charge >= 0.3 is 0 Å². The summed E-state index contributed by atoms with van der Waals surface area (Å²) in [5.74, 6) is 3.20. The lowest BCUT2D eigenvalue weighted by atomic mass is 10.0. The van der Waals surface area contributed by atoms with Crippen molar-refractivity contribution in [1.29, 1.82) is 0 Å². The van der Waals surface area contributed by atoms with E-state index in [0.717, 1.165) is 5.69 Å². The van der Waals surface area contributed by atoms with Crippen molar-refractivity contribution in [2.75, 3.05) is 0 Å². The van der Waals surface area contributed by atoms with Gasteiger partial charge in [0, 0.05) is 25.7 Å². The maximum atomic E-state index is 12.0. The number of hydrogen-bond donors (Lipinski definition) is 1. The molecule has 2 aromatic rings. The molecule has 0 aliphatic carbocycles. The highest BCUT2D eigenvalue weighted by atomic mass is 16.1. The largest absolute Gasteiger partial charge is 0.349 e. The Kier molecular flexibility index (Phi) is 4.66. The topological polar surface area (TPSA) is 84.5 Å². The molecule has 7 heteroatoms. The van der Waals surface area contributed by atoms with Crippen LogP contribution >= 0.6 is 0 Å². The van der Waals surface area contributed by atoms with Crippen LogP contribution in [0.25, 0.3) is 5.69 Å². The van der Waals surface area contributed by atoms with Gasteiger partial charge in [-0.1, -0.05) is 18.2 Å². The smallest absolute Gasteiger partial charge is 0.220 e. The van der Waals surface area contributed by atoms with Gasteiger partial charge in [-0.3, -0.25) is 4.79 Å². The van der Waals surface area contributed by atoms with Gasteiger partial charge in [-0.15, -0.1) is 12.3 Å². The number of rotatable bonds is 8. The molecule has 1 aromatic carbocycles. The van der Waals surface area contributed by atoms with E-state index in [1.54, 1.807) is 4.68 Å². The molecular weight excluding hydrogens is 304 g/mol. The number of amides is 1. The fraction of sp³-hybridized carbons (Fsp3) is 0.353. The summed E-state index contributed by atoms with van der Waals surface area (Å²) < 4.78 is 1.71.